The fourth-order valence-corrected chi connectivity index (χ4v) is 5.57. The van der Waals surface area contributed by atoms with E-state index in [1.54, 1.807) is 24.3 Å². The Morgan fingerprint density at radius 3 is 2.36 bits per heavy atom. The molecule has 4 nitrogen and oxygen atoms in total. The number of likely N-dealkylation sites (tertiary alicyclic amines) is 1. The maximum atomic E-state index is 13.2. The average molecular weight is 487 g/mol. The molecule has 4 rings (SSSR count). The molecule has 0 aliphatic carbocycles. The van der Waals surface area contributed by atoms with E-state index in [9.17, 15) is 12.8 Å². The number of hydrogen-bond donors (Lipinski definition) is 0. The summed E-state index contributed by atoms with van der Waals surface area (Å²) in [7, 11) is -3.49. The van der Waals surface area contributed by atoms with Gasteiger partial charge in [-0.05, 0) is 78.9 Å². The molecule has 1 aliphatic rings. The Kier molecular flexibility index (Phi) is 7.37. The summed E-state index contributed by atoms with van der Waals surface area (Å²) in [6.07, 6.45) is 3.22. The van der Waals surface area contributed by atoms with Gasteiger partial charge in [0.1, 0.15) is 5.82 Å². The largest absolute Gasteiger partial charge is 0.299 e. The third-order valence-corrected chi connectivity index (χ3v) is 7.59. The monoisotopic (exact) mass is 486 g/mol. The van der Waals surface area contributed by atoms with Crippen LogP contribution >= 0.6 is 11.6 Å². The lowest BCUT2D eigenvalue weighted by Crippen LogP contribution is -2.33. The molecule has 0 aromatic heterocycles. The van der Waals surface area contributed by atoms with Crippen LogP contribution in [0.3, 0.4) is 0 Å². The first-order chi connectivity index (χ1) is 15.8. The minimum Gasteiger partial charge on any atom is -0.299 e. The lowest BCUT2D eigenvalue weighted by Gasteiger charge is -2.33. The van der Waals surface area contributed by atoms with Crippen molar-refractivity contribution in [3.63, 3.8) is 0 Å². The minimum absolute atomic E-state index is 0.213. The molecule has 33 heavy (non-hydrogen) atoms. The van der Waals surface area contributed by atoms with Crippen molar-refractivity contribution in [2.45, 2.75) is 31.8 Å². The van der Waals surface area contributed by atoms with Crippen LogP contribution in [-0.2, 0) is 23.1 Å². The van der Waals surface area contributed by atoms with Crippen LogP contribution in [0.4, 0.5) is 10.1 Å². The third kappa shape index (κ3) is 6.14. The van der Waals surface area contributed by atoms with Crippen LogP contribution in [-0.4, -0.2) is 32.7 Å². The Morgan fingerprint density at radius 2 is 1.70 bits per heavy atom. The zero-order valence-electron chi connectivity index (χ0n) is 18.6. The Hall–Kier alpha value is -2.41. The number of benzene rings is 3. The molecule has 0 saturated carbocycles. The summed E-state index contributed by atoms with van der Waals surface area (Å²) in [4.78, 5) is 2.39. The molecular weight excluding hydrogens is 459 g/mol. The van der Waals surface area contributed by atoms with Crippen molar-refractivity contribution in [2.24, 2.45) is 0 Å². The van der Waals surface area contributed by atoms with Crippen molar-refractivity contribution < 1.29 is 12.8 Å². The summed E-state index contributed by atoms with van der Waals surface area (Å²) in [6, 6.07) is 21.8. The number of anilines is 1. The first-order valence-corrected chi connectivity index (χ1v) is 13.3. The fraction of sp³-hybridized carbons (Fsp3) is 0.308. The summed E-state index contributed by atoms with van der Waals surface area (Å²) < 4.78 is 39.8. The summed E-state index contributed by atoms with van der Waals surface area (Å²) >= 11 is 6.13. The predicted molar refractivity (Wildman–Crippen MR) is 133 cm³/mol. The van der Waals surface area contributed by atoms with E-state index >= 15 is 0 Å². The molecule has 1 aliphatic heterocycles. The molecule has 0 amide bonds. The van der Waals surface area contributed by atoms with E-state index in [1.807, 2.05) is 30.3 Å². The Balaban J connectivity index is 1.49. The SMILES string of the molecule is CS(=O)(=O)N(Cc1ccccc1C1CCN(Cc2ccc(F)cc2)CC1)c1cccc(Cl)c1. The van der Waals surface area contributed by atoms with Gasteiger partial charge in [-0.2, -0.15) is 0 Å². The topological polar surface area (TPSA) is 40.6 Å². The highest BCUT2D eigenvalue weighted by Crippen LogP contribution is 2.33. The van der Waals surface area contributed by atoms with Crippen molar-refractivity contribution in [3.8, 4) is 0 Å². The van der Waals surface area contributed by atoms with Crippen LogP contribution in [0.25, 0.3) is 0 Å². The fourth-order valence-electron chi connectivity index (χ4n) is 4.51. The predicted octanol–water partition coefficient (Wildman–Crippen LogP) is 5.82. The van der Waals surface area contributed by atoms with Crippen molar-refractivity contribution in [2.75, 3.05) is 23.7 Å². The molecule has 0 N–H and O–H groups in total. The number of halogens is 2. The van der Waals surface area contributed by atoms with Crippen molar-refractivity contribution in [1.82, 2.24) is 4.90 Å². The zero-order chi connectivity index (χ0) is 23.4. The lowest BCUT2D eigenvalue weighted by atomic mass is 9.86. The van der Waals surface area contributed by atoms with Crippen LogP contribution in [0.15, 0.2) is 72.8 Å². The summed E-state index contributed by atoms with van der Waals surface area (Å²) in [5.74, 6) is 0.154. The van der Waals surface area contributed by atoms with E-state index < -0.39 is 10.0 Å². The van der Waals surface area contributed by atoms with Crippen LogP contribution < -0.4 is 4.31 Å². The van der Waals surface area contributed by atoms with Gasteiger partial charge in [0.05, 0.1) is 18.5 Å². The van der Waals surface area contributed by atoms with Gasteiger partial charge in [0, 0.05) is 11.6 Å². The van der Waals surface area contributed by atoms with E-state index in [4.69, 9.17) is 11.6 Å². The second kappa shape index (κ2) is 10.2. The number of hydrogen-bond acceptors (Lipinski definition) is 3. The molecule has 0 atom stereocenters. The van der Waals surface area contributed by atoms with Crippen molar-refractivity contribution >= 4 is 27.3 Å². The number of rotatable bonds is 7. The van der Waals surface area contributed by atoms with E-state index in [1.165, 1.54) is 28.3 Å². The van der Waals surface area contributed by atoms with E-state index in [-0.39, 0.29) is 12.4 Å². The molecule has 0 spiro atoms. The molecule has 3 aromatic rings. The van der Waals surface area contributed by atoms with Crippen LogP contribution in [0.2, 0.25) is 5.02 Å². The van der Waals surface area contributed by atoms with E-state index in [2.05, 4.69) is 11.0 Å². The van der Waals surface area contributed by atoms with Gasteiger partial charge < -0.3 is 0 Å². The van der Waals surface area contributed by atoms with Gasteiger partial charge in [-0.15, -0.1) is 0 Å². The van der Waals surface area contributed by atoms with Gasteiger partial charge in [-0.1, -0.05) is 54.1 Å². The Morgan fingerprint density at radius 1 is 1.00 bits per heavy atom. The van der Waals surface area contributed by atoms with Crippen LogP contribution in [0.1, 0.15) is 35.4 Å². The molecule has 1 saturated heterocycles. The smallest absolute Gasteiger partial charge is 0.232 e. The minimum atomic E-state index is -3.49. The summed E-state index contributed by atoms with van der Waals surface area (Å²) in [5.41, 5.74) is 3.89. The molecule has 0 bridgehead atoms. The van der Waals surface area contributed by atoms with Gasteiger partial charge in [-0.25, -0.2) is 12.8 Å². The molecule has 1 heterocycles. The Bertz CT molecular complexity index is 1190. The standard InChI is InChI=1S/C26H28ClFN2O2S/c1-33(31,32)30(25-7-4-6-23(27)17-25)19-22-5-2-3-8-26(22)21-13-15-29(16-14-21)18-20-9-11-24(28)12-10-20/h2-12,17,21H,13-16,18-19H2,1H3. The second-order valence-electron chi connectivity index (χ2n) is 8.63. The average Bonchev–Trinajstić information content (AvgIpc) is 2.79. The molecule has 7 heteroatoms. The number of nitrogens with zero attached hydrogens (tertiary/aromatic N) is 2. The highest BCUT2D eigenvalue weighted by atomic mass is 35.5. The summed E-state index contributed by atoms with van der Waals surface area (Å²) in [6.45, 7) is 2.97. The van der Waals surface area contributed by atoms with Gasteiger partial charge >= 0.3 is 0 Å². The molecule has 0 unspecified atom stereocenters. The molecule has 1 fully saturated rings. The second-order valence-corrected chi connectivity index (χ2v) is 11.0. The van der Waals surface area contributed by atoms with E-state index in [0.717, 1.165) is 43.6 Å². The van der Waals surface area contributed by atoms with Gasteiger partial charge in [0.15, 0.2) is 0 Å². The van der Waals surface area contributed by atoms with Gasteiger partial charge in [0.2, 0.25) is 10.0 Å². The quantitative estimate of drug-likeness (QED) is 0.422. The normalized spacial score (nSPS) is 15.5. The van der Waals surface area contributed by atoms with Crippen LogP contribution in [0, 0.1) is 5.82 Å². The number of sulfonamides is 1. The first kappa shape index (κ1) is 23.7. The zero-order valence-corrected chi connectivity index (χ0v) is 20.2. The van der Waals surface area contributed by atoms with Gasteiger partial charge in [0.25, 0.3) is 0 Å². The molecule has 0 radical (unpaired) electrons. The Labute approximate surface area is 200 Å². The van der Waals surface area contributed by atoms with Crippen molar-refractivity contribution in [1.29, 1.82) is 0 Å². The maximum Gasteiger partial charge on any atom is 0.232 e. The lowest BCUT2D eigenvalue weighted by molar-refractivity contribution is 0.204. The molecular formula is C26H28ClFN2O2S. The summed E-state index contributed by atoms with van der Waals surface area (Å²) in [5, 5.41) is 0.503. The molecule has 3 aromatic carbocycles. The highest BCUT2D eigenvalue weighted by molar-refractivity contribution is 7.92. The maximum absolute atomic E-state index is 13.2. The first-order valence-electron chi connectivity index (χ1n) is 11.1. The number of piperidine rings is 1. The molecule has 174 valence electrons. The highest BCUT2D eigenvalue weighted by Gasteiger charge is 2.25. The van der Waals surface area contributed by atoms with Crippen molar-refractivity contribution in [3.05, 3.63) is 100 Å². The van der Waals surface area contributed by atoms with Gasteiger partial charge in [-0.3, -0.25) is 9.21 Å². The van der Waals surface area contributed by atoms with E-state index in [0.29, 0.717) is 16.6 Å². The van der Waals surface area contributed by atoms with Crippen LogP contribution in [0.5, 0.6) is 0 Å². The third-order valence-electron chi connectivity index (χ3n) is 6.21.